The third-order valence-corrected chi connectivity index (χ3v) is 5.95. The van der Waals surface area contributed by atoms with Crippen molar-refractivity contribution < 1.29 is 14.3 Å². The minimum absolute atomic E-state index is 0.106. The van der Waals surface area contributed by atoms with Crippen molar-refractivity contribution in [3.8, 4) is 11.4 Å². The maximum absolute atomic E-state index is 13.7. The maximum atomic E-state index is 13.7. The van der Waals surface area contributed by atoms with Gasteiger partial charge in [-0.2, -0.15) is 0 Å². The fourth-order valence-electron chi connectivity index (χ4n) is 4.03. The summed E-state index contributed by atoms with van der Waals surface area (Å²) in [6.07, 6.45) is 0. The number of esters is 1. The van der Waals surface area contributed by atoms with Gasteiger partial charge in [-0.25, -0.2) is 9.48 Å². The summed E-state index contributed by atoms with van der Waals surface area (Å²) in [6, 6.07) is 23.7. The van der Waals surface area contributed by atoms with Crippen molar-refractivity contribution in [2.45, 2.75) is 13.0 Å². The van der Waals surface area contributed by atoms with Gasteiger partial charge in [0.05, 0.1) is 37.1 Å². The number of rotatable bonds is 7. The fourth-order valence-corrected chi connectivity index (χ4v) is 4.03. The van der Waals surface area contributed by atoms with Crippen LogP contribution in [0, 0.1) is 6.92 Å². The van der Waals surface area contributed by atoms with Crippen LogP contribution in [0.2, 0.25) is 0 Å². The average molecular weight is 458 g/mol. The third kappa shape index (κ3) is 4.32. The second-order valence-electron chi connectivity index (χ2n) is 7.89. The van der Waals surface area contributed by atoms with E-state index in [1.54, 1.807) is 36.1 Å². The van der Waals surface area contributed by atoms with E-state index >= 15 is 0 Å². The summed E-state index contributed by atoms with van der Waals surface area (Å²) >= 11 is 0. The van der Waals surface area contributed by atoms with Crippen molar-refractivity contribution in [3.05, 3.63) is 112 Å². The first-order valence-corrected chi connectivity index (χ1v) is 10.9. The normalized spacial score (nSPS) is 11.6. The van der Waals surface area contributed by atoms with Crippen LogP contribution in [0.4, 0.5) is 5.69 Å². The van der Waals surface area contributed by atoms with Crippen LogP contribution in [0.1, 0.15) is 33.2 Å². The maximum Gasteiger partial charge on any atom is 0.337 e. The molecule has 0 aliphatic carbocycles. The van der Waals surface area contributed by atoms with Gasteiger partial charge in [-0.3, -0.25) is 9.48 Å². The molecule has 1 atom stereocenters. The van der Waals surface area contributed by atoms with Crippen LogP contribution in [0.3, 0.4) is 0 Å². The topological polar surface area (TPSA) is 74.5 Å². The van der Waals surface area contributed by atoms with E-state index in [9.17, 15) is 9.59 Å². The lowest BCUT2D eigenvalue weighted by Gasteiger charge is -2.20. The first-order valence-electron chi connectivity index (χ1n) is 10.9. The Balaban J connectivity index is 1.82. The first kappa shape index (κ1) is 22.9. The molecule has 4 aromatic rings. The van der Waals surface area contributed by atoms with E-state index in [-0.39, 0.29) is 5.56 Å². The zero-order valence-corrected chi connectivity index (χ0v) is 19.6. The van der Waals surface area contributed by atoms with Gasteiger partial charge in [0.2, 0.25) is 0 Å². The second-order valence-corrected chi connectivity index (χ2v) is 7.89. The smallest absolute Gasteiger partial charge is 0.337 e. The van der Waals surface area contributed by atoms with E-state index in [0.29, 0.717) is 11.1 Å². The molecule has 174 valence electrons. The molecule has 0 bridgehead atoms. The lowest BCUT2D eigenvalue weighted by atomic mass is 9.98. The molecule has 0 saturated heterocycles. The predicted molar refractivity (Wildman–Crippen MR) is 132 cm³/mol. The van der Waals surface area contributed by atoms with E-state index in [2.05, 4.69) is 5.32 Å². The number of ether oxygens (including phenoxy) is 2. The molecule has 0 spiro atoms. The molecule has 0 saturated carbocycles. The predicted octanol–water partition coefficient (Wildman–Crippen LogP) is 4.48. The highest BCUT2D eigenvalue weighted by atomic mass is 16.5. The Morgan fingerprint density at radius 3 is 2.15 bits per heavy atom. The van der Waals surface area contributed by atoms with Crippen molar-refractivity contribution in [2.24, 2.45) is 7.05 Å². The number of para-hydroxylation sites is 1. The Hall–Kier alpha value is -4.26. The minimum Gasteiger partial charge on any atom is -0.497 e. The van der Waals surface area contributed by atoms with Gasteiger partial charge in [0.1, 0.15) is 5.75 Å². The number of aromatic nitrogens is 2. The number of nitrogens with zero attached hydrogens (tertiary/aromatic N) is 2. The zero-order valence-electron chi connectivity index (χ0n) is 19.6. The van der Waals surface area contributed by atoms with E-state index in [1.165, 1.54) is 7.11 Å². The number of methoxy groups -OCH3 is 2. The lowest BCUT2D eigenvalue weighted by molar-refractivity contribution is 0.0601. The number of carbonyl (C=O) groups excluding carboxylic acids is 1. The molecule has 0 fully saturated rings. The Bertz CT molecular complexity index is 1340. The van der Waals surface area contributed by atoms with E-state index in [1.807, 2.05) is 73.3 Å². The molecule has 7 heteroatoms. The van der Waals surface area contributed by atoms with Crippen LogP contribution >= 0.6 is 0 Å². The lowest BCUT2D eigenvalue weighted by Crippen LogP contribution is -2.24. The summed E-state index contributed by atoms with van der Waals surface area (Å²) in [7, 11) is 4.85. The zero-order chi connectivity index (χ0) is 24.2. The summed E-state index contributed by atoms with van der Waals surface area (Å²) < 4.78 is 13.6. The second kappa shape index (κ2) is 9.70. The van der Waals surface area contributed by atoms with Crippen molar-refractivity contribution in [3.63, 3.8) is 0 Å². The number of nitrogens with one attached hydrogen (secondary N) is 1. The van der Waals surface area contributed by atoms with Gasteiger partial charge in [-0.15, -0.1) is 0 Å². The molecule has 0 aliphatic rings. The number of anilines is 1. The van der Waals surface area contributed by atoms with Crippen LogP contribution < -0.4 is 15.6 Å². The molecular weight excluding hydrogens is 430 g/mol. The fraction of sp³-hybridized carbons (Fsp3) is 0.185. The third-order valence-electron chi connectivity index (χ3n) is 5.95. The van der Waals surface area contributed by atoms with E-state index in [4.69, 9.17) is 9.47 Å². The SMILES string of the molecule is COC(=O)c1ccc(NC(c2ccc(OC)cc2)c2c(C)n(C)n(-c3ccccc3)c2=O)cc1. The summed E-state index contributed by atoms with van der Waals surface area (Å²) in [5, 5.41) is 3.49. The molecule has 1 aromatic heterocycles. The molecule has 4 rings (SSSR count). The molecule has 0 radical (unpaired) electrons. The molecule has 0 aliphatic heterocycles. The van der Waals surface area contributed by atoms with Crippen LogP contribution in [0.15, 0.2) is 83.7 Å². The molecule has 1 N–H and O–H groups in total. The number of hydrogen-bond acceptors (Lipinski definition) is 5. The summed E-state index contributed by atoms with van der Waals surface area (Å²) in [6.45, 7) is 1.94. The van der Waals surface area contributed by atoms with Crippen molar-refractivity contribution in [1.29, 1.82) is 0 Å². The van der Waals surface area contributed by atoms with Gasteiger partial charge in [-0.1, -0.05) is 30.3 Å². The summed E-state index contributed by atoms with van der Waals surface area (Å²) in [5.41, 5.74) is 4.29. The van der Waals surface area contributed by atoms with E-state index in [0.717, 1.165) is 28.4 Å². The van der Waals surface area contributed by atoms with Crippen molar-refractivity contribution in [1.82, 2.24) is 9.36 Å². The van der Waals surface area contributed by atoms with Gasteiger partial charge in [0.25, 0.3) is 5.56 Å². The molecule has 1 heterocycles. The quantitative estimate of drug-likeness (QED) is 0.414. The molecular formula is C27H27N3O4. The van der Waals surface area contributed by atoms with Crippen molar-refractivity contribution >= 4 is 11.7 Å². The van der Waals surface area contributed by atoms with Crippen LogP contribution in [-0.4, -0.2) is 29.6 Å². The van der Waals surface area contributed by atoms with Gasteiger partial charge >= 0.3 is 5.97 Å². The standard InChI is InChI=1S/C27H27N3O4/c1-18-24(26(31)30(29(18)2)22-8-6-5-7-9-22)25(19-12-16-23(33-3)17-13-19)28-21-14-10-20(11-15-21)27(32)34-4/h5-17,25,28H,1-4H3. The Labute approximate surface area is 198 Å². The molecule has 0 amide bonds. The highest BCUT2D eigenvalue weighted by Gasteiger charge is 2.25. The van der Waals surface area contributed by atoms with Crippen LogP contribution in [0.5, 0.6) is 5.75 Å². The highest BCUT2D eigenvalue weighted by molar-refractivity contribution is 5.89. The largest absolute Gasteiger partial charge is 0.497 e. The molecule has 1 unspecified atom stereocenters. The Kier molecular flexibility index (Phi) is 6.54. The average Bonchev–Trinajstić information content (AvgIpc) is 3.10. The van der Waals surface area contributed by atoms with Gasteiger partial charge < -0.3 is 14.8 Å². The van der Waals surface area contributed by atoms with Crippen LogP contribution in [0.25, 0.3) is 5.69 Å². The Morgan fingerprint density at radius 1 is 0.912 bits per heavy atom. The number of benzene rings is 3. The first-order chi connectivity index (χ1) is 16.4. The van der Waals surface area contributed by atoms with Gasteiger partial charge in [0, 0.05) is 18.4 Å². The van der Waals surface area contributed by atoms with Crippen LogP contribution in [-0.2, 0) is 11.8 Å². The number of carbonyl (C=O) groups is 1. The van der Waals surface area contributed by atoms with Gasteiger partial charge in [-0.05, 0) is 61.0 Å². The minimum atomic E-state index is -0.432. The molecule has 34 heavy (non-hydrogen) atoms. The van der Waals surface area contributed by atoms with Gasteiger partial charge in [0.15, 0.2) is 0 Å². The molecule has 3 aromatic carbocycles. The summed E-state index contributed by atoms with van der Waals surface area (Å²) in [5.74, 6) is 0.333. The van der Waals surface area contributed by atoms with E-state index < -0.39 is 12.0 Å². The molecule has 7 nitrogen and oxygen atoms in total. The summed E-state index contributed by atoms with van der Waals surface area (Å²) in [4.78, 5) is 25.6. The number of hydrogen-bond donors (Lipinski definition) is 1. The van der Waals surface area contributed by atoms with Crippen molar-refractivity contribution in [2.75, 3.05) is 19.5 Å². The Morgan fingerprint density at radius 2 is 1.56 bits per heavy atom. The monoisotopic (exact) mass is 457 g/mol. The highest BCUT2D eigenvalue weighted by Crippen LogP contribution is 2.29.